The maximum Gasteiger partial charge on any atom is 0.414 e. The first-order chi connectivity index (χ1) is 10.4. The van der Waals surface area contributed by atoms with Gasteiger partial charge in [0.25, 0.3) is 0 Å². The van der Waals surface area contributed by atoms with E-state index in [2.05, 4.69) is 0 Å². The van der Waals surface area contributed by atoms with Crippen LogP contribution in [0.2, 0.25) is 0 Å². The van der Waals surface area contributed by atoms with E-state index in [4.69, 9.17) is 0 Å². The van der Waals surface area contributed by atoms with Crippen LogP contribution in [-0.4, -0.2) is 47.7 Å². The van der Waals surface area contributed by atoms with Crippen molar-refractivity contribution in [3.05, 3.63) is 35.9 Å². The number of halogens is 3. The van der Waals surface area contributed by atoms with Gasteiger partial charge in [-0.15, -0.1) is 0 Å². The van der Waals surface area contributed by atoms with E-state index in [1.165, 1.54) is 0 Å². The van der Waals surface area contributed by atoms with Crippen molar-refractivity contribution < 1.29 is 23.1 Å². The normalized spacial score (nSPS) is 19.1. The average Bonchev–Trinajstić information content (AvgIpc) is 2.52. The number of benzene rings is 1. The predicted molar refractivity (Wildman–Crippen MR) is 76.6 cm³/mol. The first-order valence-corrected chi connectivity index (χ1v) is 7.43. The molecule has 1 fully saturated rings. The summed E-state index contributed by atoms with van der Waals surface area (Å²) < 4.78 is 37.4. The Labute approximate surface area is 127 Å². The lowest BCUT2D eigenvalue weighted by molar-refractivity contribution is -0.223. The lowest BCUT2D eigenvalue weighted by Gasteiger charge is -2.34. The molecule has 0 bridgehead atoms. The zero-order valence-corrected chi connectivity index (χ0v) is 12.2. The van der Waals surface area contributed by atoms with E-state index in [0.717, 1.165) is 0 Å². The molecular formula is C16H20F3NO2. The van der Waals surface area contributed by atoms with Crippen LogP contribution in [0, 0.1) is 5.92 Å². The topological polar surface area (TPSA) is 40.5 Å². The van der Waals surface area contributed by atoms with Crippen LogP contribution in [0.5, 0.6) is 0 Å². The second kappa shape index (κ2) is 7.24. The van der Waals surface area contributed by atoms with E-state index in [9.17, 15) is 23.1 Å². The standard InChI is InChI=1S/C16H20F3NO2/c17-16(18,19)15(22)13-6-9-20(10-7-13)11-8-14(21)12-4-2-1-3-5-12/h1-5,13,15,22H,6-11H2. The molecule has 22 heavy (non-hydrogen) atoms. The molecule has 1 heterocycles. The molecule has 6 heteroatoms. The molecule has 1 aliphatic rings. The van der Waals surface area contributed by atoms with Crippen molar-refractivity contribution in [3.63, 3.8) is 0 Å². The molecule has 1 atom stereocenters. The van der Waals surface area contributed by atoms with E-state index >= 15 is 0 Å². The third kappa shape index (κ3) is 4.55. The molecule has 0 aliphatic carbocycles. The molecule has 3 nitrogen and oxygen atoms in total. The Morgan fingerprint density at radius 1 is 1.23 bits per heavy atom. The van der Waals surface area contributed by atoms with Gasteiger partial charge in [0.2, 0.25) is 0 Å². The summed E-state index contributed by atoms with van der Waals surface area (Å²) in [4.78, 5) is 14.0. The van der Waals surface area contributed by atoms with Crippen molar-refractivity contribution >= 4 is 5.78 Å². The van der Waals surface area contributed by atoms with Gasteiger partial charge in [-0.05, 0) is 31.8 Å². The largest absolute Gasteiger partial charge is 0.414 e. The smallest absolute Gasteiger partial charge is 0.383 e. The number of piperidine rings is 1. The first kappa shape index (κ1) is 17.0. The van der Waals surface area contributed by atoms with Crippen molar-refractivity contribution in [2.24, 2.45) is 5.92 Å². The Morgan fingerprint density at radius 2 is 1.82 bits per heavy atom. The molecule has 1 aromatic carbocycles. The van der Waals surface area contributed by atoms with Gasteiger partial charge in [-0.3, -0.25) is 4.79 Å². The predicted octanol–water partition coefficient (Wildman–Crippen LogP) is 2.89. The quantitative estimate of drug-likeness (QED) is 0.850. The fourth-order valence-electron chi connectivity index (χ4n) is 2.79. The molecule has 0 aromatic heterocycles. The number of aliphatic hydroxyl groups is 1. The number of carbonyl (C=O) groups is 1. The van der Waals surface area contributed by atoms with Crippen LogP contribution in [0.4, 0.5) is 13.2 Å². The van der Waals surface area contributed by atoms with E-state index in [1.54, 1.807) is 24.3 Å². The van der Waals surface area contributed by atoms with Crippen LogP contribution in [0.3, 0.4) is 0 Å². The number of likely N-dealkylation sites (tertiary alicyclic amines) is 1. The fourth-order valence-corrected chi connectivity index (χ4v) is 2.79. The van der Waals surface area contributed by atoms with Gasteiger partial charge in [-0.2, -0.15) is 13.2 Å². The second-order valence-corrected chi connectivity index (χ2v) is 5.70. The van der Waals surface area contributed by atoms with Gasteiger partial charge in [0.05, 0.1) is 0 Å². The summed E-state index contributed by atoms with van der Waals surface area (Å²) in [5.41, 5.74) is 0.657. The van der Waals surface area contributed by atoms with Gasteiger partial charge >= 0.3 is 6.18 Å². The van der Waals surface area contributed by atoms with Gasteiger partial charge in [0, 0.05) is 18.5 Å². The highest BCUT2D eigenvalue weighted by atomic mass is 19.4. The Balaban J connectivity index is 1.75. The molecular weight excluding hydrogens is 295 g/mol. The maximum atomic E-state index is 12.5. The highest BCUT2D eigenvalue weighted by molar-refractivity contribution is 5.96. The summed E-state index contributed by atoms with van der Waals surface area (Å²) in [6.45, 7) is 1.52. The molecule has 1 aromatic rings. The van der Waals surface area contributed by atoms with Gasteiger partial charge in [0.1, 0.15) is 0 Å². The minimum atomic E-state index is -4.55. The van der Waals surface area contributed by atoms with E-state index in [0.29, 0.717) is 44.5 Å². The van der Waals surface area contributed by atoms with Gasteiger partial charge < -0.3 is 10.0 Å². The molecule has 2 rings (SSSR count). The van der Waals surface area contributed by atoms with Crippen LogP contribution in [0.25, 0.3) is 0 Å². The third-order valence-corrected chi connectivity index (χ3v) is 4.16. The Hall–Kier alpha value is -1.40. The molecule has 122 valence electrons. The average molecular weight is 315 g/mol. The zero-order valence-electron chi connectivity index (χ0n) is 12.2. The lowest BCUT2D eigenvalue weighted by Crippen LogP contribution is -2.43. The number of aliphatic hydroxyl groups excluding tert-OH is 1. The number of carbonyl (C=O) groups excluding carboxylic acids is 1. The highest BCUT2D eigenvalue weighted by Gasteiger charge is 2.44. The van der Waals surface area contributed by atoms with Crippen molar-refractivity contribution in [1.82, 2.24) is 4.90 Å². The number of ketones is 1. The van der Waals surface area contributed by atoms with Crippen LogP contribution >= 0.6 is 0 Å². The SMILES string of the molecule is O=C(CCN1CCC(C(O)C(F)(F)F)CC1)c1ccccc1. The summed E-state index contributed by atoms with van der Waals surface area (Å²) in [7, 11) is 0. The third-order valence-electron chi connectivity index (χ3n) is 4.16. The Morgan fingerprint density at radius 3 is 2.36 bits per heavy atom. The Bertz CT molecular complexity index is 482. The van der Waals surface area contributed by atoms with Crippen molar-refractivity contribution in [1.29, 1.82) is 0 Å². The molecule has 0 radical (unpaired) electrons. The van der Waals surface area contributed by atoms with E-state index in [-0.39, 0.29) is 5.78 Å². The molecule has 1 unspecified atom stereocenters. The molecule has 1 N–H and O–H groups in total. The summed E-state index contributed by atoms with van der Waals surface area (Å²) in [5.74, 6) is -0.695. The number of rotatable bonds is 5. The fraction of sp³-hybridized carbons (Fsp3) is 0.562. The maximum absolute atomic E-state index is 12.5. The number of alkyl halides is 3. The molecule has 1 saturated heterocycles. The van der Waals surface area contributed by atoms with Crippen LogP contribution in [-0.2, 0) is 0 Å². The summed E-state index contributed by atoms with van der Waals surface area (Å²) >= 11 is 0. The van der Waals surface area contributed by atoms with Gasteiger partial charge in [-0.25, -0.2) is 0 Å². The molecule has 0 amide bonds. The van der Waals surface area contributed by atoms with Gasteiger partial charge in [0.15, 0.2) is 11.9 Å². The van der Waals surface area contributed by atoms with E-state index < -0.39 is 18.2 Å². The minimum absolute atomic E-state index is 0.0399. The zero-order chi connectivity index (χ0) is 16.2. The number of hydrogen-bond donors (Lipinski definition) is 1. The van der Waals surface area contributed by atoms with Crippen molar-refractivity contribution in [2.45, 2.75) is 31.5 Å². The van der Waals surface area contributed by atoms with Crippen LogP contribution < -0.4 is 0 Å². The van der Waals surface area contributed by atoms with Crippen LogP contribution in [0.15, 0.2) is 30.3 Å². The minimum Gasteiger partial charge on any atom is -0.383 e. The van der Waals surface area contributed by atoms with Crippen molar-refractivity contribution in [3.8, 4) is 0 Å². The number of hydrogen-bond acceptors (Lipinski definition) is 3. The highest BCUT2D eigenvalue weighted by Crippen LogP contribution is 2.31. The second-order valence-electron chi connectivity index (χ2n) is 5.70. The molecule has 1 aliphatic heterocycles. The summed E-state index contributed by atoms with van der Waals surface area (Å²) in [6, 6.07) is 8.96. The molecule has 0 saturated carbocycles. The van der Waals surface area contributed by atoms with Crippen LogP contribution in [0.1, 0.15) is 29.6 Å². The number of Topliss-reactive ketones (excluding diaryl/α,β-unsaturated/α-hetero) is 1. The monoisotopic (exact) mass is 315 g/mol. The first-order valence-electron chi connectivity index (χ1n) is 7.43. The Kier molecular flexibility index (Phi) is 5.58. The summed E-state index contributed by atoms with van der Waals surface area (Å²) in [6.07, 6.45) is -5.81. The molecule has 0 spiro atoms. The number of nitrogens with zero attached hydrogens (tertiary/aromatic N) is 1. The lowest BCUT2D eigenvalue weighted by atomic mass is 9.90. The summed E-state index contributed by atoms with van der Waals surface area (Å²) in [5, 5.41) is 9.27. The van der Waals surface area contributed by atoms with Crippen molar-refractivity contribution in [2.75, 3.05) is 19.6 Å². The van der Waals surface area contributed by atoms with Gasteiger partial charge in [-0.1, -0.05) is 30.3 Å². The van der Waals surface area contributed by atoms with E-state index in [1.807, 2.05) is 11.0 Å².